The molecular formula is C15H13ClN6O2S. The van der Waals surface area contributed by atoms with Crippen LogP contribution in [0.15, 0.2) is 30.6 Å². The van der Waals surface area contributed by atoms with Crippen LogP contribution in [0.3, 0.4) is 0 Å². The minimum atomic E-state index is -0.681. The molecule has 3 heterocycles. The van der Waals surface area contributed by atoms with Crippen LogP contribution < -0.4 is 15.4 Å². The highest BCUT2D eigenvalue weighted by atomic mass is 35.5. The summed E-state index contributed by atoms with van der Waals surface area (Å²) in [7, 11) is 0. The Balaban J connectivity index is 1.73. The van der Waals surface area contributed by atoms with Crippen LogP contribution in [-0.2, 0) is 0 Å². The molecule has 10 heteroatoms. The second-order valence-electron chi connectivity index (χ2n) is 4.96. The SMILES string of the molecule is Cc1cc(Nc2sc(C)nc2OC(=O)Nc2ccnc(Cl)c2)cnn1. The zero-order chi connectivity index (χ0) is 17.8. The molecule has 0 aliphatic carbocycles. The highest BCUT2D eigenvalue weighted by Crippen LogP contribution is 2.33. The smallest absolute Gasteiger partial charge is 0.388 e. The number of nitrogens with one attached hydrogen (secondary N) is 2. The number of aromatic nitrogens is 4. The van der Waals surface area contributed by atoms with Crippen LogP contribution in [0, 0.1) is 13.8 Å². The molecule has 25 heavy (non-hydrogen) atoms. The van der Waals surface area contributed by atoms with E-state index in [0.29, 0.717) is 10.7 Å². The fraction of sp³-hybridized carbons (Fsp3) is 0.133. The number of anilines is 3. The third-order valence-corrected chi connectivity index (χ3v) is 3.97. The summed E-state index contributed by atoms with van der Waals surface area (Å²) in [5.74, 6) is 0.176. The van der Waals surface area contributed by atoms with Crippen molar-refractivity contribution in [3.05, 3.63) is 46.4 Å². The molecule has 3 aromatic rings. The van der Waals surface area contributed by atoms with E-state index in [1.807, 2.05) is 19.9 Å². The predicted octanol–water partition coefficient (Wildman–Crippen LogP) is 3.95. The molecular weight excluding hydrogens is 364 g/mol. The molecule has 2 N–H and O–H groups in total. The van der Waals surface area contributed by atoms with Crippen molar-refractivity contribution in [1.29, 1.82) is 0 Å². The molecule has 0 spiro atoms. The molecule has 0 unspecified atom stereocenters. The van der Waals surface area contributed by atoms with Crippen LogP contribution in [0.4, 0.5) is 21.2 Å². The number of thiazole rings is 1. The minimum Gasteiger partial charge on any atom is -0.388 e. The molecule has 0 aliphatic heterocycles. The van der Waals surface area contributed by atoms with Crippen LogP contribution >= 0.6 is 22.9 Å². The van der Waals surface area contributed by atoms with E-state index in [0.717, 1.165) is 16.4 Å². The zero-order valence-corrected chi connectivity index (χ0v) is 14.9. The van der Waals surface area contributed by atoms with Crippen molar-refractivity contribution in [2.75, 3.05) is 10.6 Å². The summed E-state index contributed by atoms with van der Waals surface area (Å²) >= 11 is 7.14. The van der Waals surface area contributed by atoms with Gasteiger partial charge in [-0.25, -0.2) is 14.8 Å². The molecule has 0 aromatic carbocycles. The number of nitrogens with zero attached hydrogens (tertiary/aromatic N) is 4. The molecule has 128 valence electrons. The van der Waals surface area contributed by atoms with Gasteiger partial charge in [0, 0.05) is 11.9 Å². The summed E-state index contributed by atoms with van der Waals surface area (Å²) in [4.78, 5) is 20.1. The van der Waals surface area contributed by atoms with Gasteiger partial charge in [0.1, 0.15) is 5.15 Å². The van der Waals surface area contributed by atoms with Gasteiger partial charge in [-0.3, -0.25) is 5.32 Å². The summed E-state index contributed by atoms with van der Waals surface area (Å²) in [6, 6.07) is 4.94. The fourth-order valence-corrected chi connectivity index (χ4v) is 2.88. The van der Waals surface area contributed by atoms with E-state index in [9.17, 15) is 4.79 Å². The van der Waals surface area contributed by atoms with Gasteiger partial charge in [-0.15, -0.1) is 0 Å². The molecule has 0 aliphatic rings. The van der Waals surface area contributed by atoms with Crippen molar-refractivity contribution in [3.63, 3.8) is 0 Å². The monoisotopic (exact) mass is 376 g/mol. The molecule has 0 saturated heterocycles. The van der Waals surface area contributed by atoms with Gasteiger partial charge < -0.3 is 10.1 Å². The first kappa shape index (κ1) is 17.1. The fourth-order valence-electron chi connectivity index (χ4n) is 1.94. The van der Waals surface area contributed by atoms with Gasteiger partial charge in [-0.2, -0.15) is 10.2 Å². The molecule has 0 saturated carbocycles. The number of carbonyl (C=O) groups excluding carboxylic acids is 1. The van der Waals surface area contributed by atoms with Crippen LogP contribution in [-0.4, -0.2) is 26.3 Å². The van der Waals surface area contributed by atoms with Gasteiger partial charge in [-0.05, 0) is 32.0 Å². The maximum Gasteiger partial charge on any atom is 0.418 e. The molecule has 0 radical (unpaired) electrons. The average molecular weight is 377 g/mol. The second kappa shape index (κ2) is 7.41. The van der Waals surface area contributed by atoms with Crippen molar-refractivity contribution in [1.82, 2.24) is 20.2 Å². The van der Waals surface area contributed by atoms with E-state index in [2.05, 4.69) is 30.8 Å². The van der Waals surface area contributed by atoms with Gasteiger partial charge in [0.25, 0.3) is 5.88 Å². The standard InChI is InChI=1S/C15H13ClN6O2S/c1-8-5-11(7-18-22-8)20-14-13(19-9(2)25-14)24-15(23)21-10-3-4-17-12(16)6-10/h3-7H,1-2H3,(H,20,22)(H,17,21,23). The second-order valence-corrected chi connectivity index (χ2v) is 6.55. The van der Waals surface area contributed by atoms with E-state index in [1.54, 1.807) is 12.3 Å². The number of hydrogen-bond donors (Lipinski definition) is 2. The van der Waals surface area contributed by atoms with Crippen LogP contribution in [0.25, 0.3) is 0 Å². The third-order valence-electron chi connectivity index (χ3n) is 2.90. The molecule has 8 nitrogen and oxygen atoms in total. The Labute approximate surface area is 152 Å². The zero-order valence-electron chi connectivity index (χ0n) is 13.3. The Kier molecular flexibility index (Phi) is 5.05. The molecule has 3 rings (SSSR count). The lowest BCUT2D eigenvalue weighted by Gasteiger charge is -2.08. The molecule has 0 atom stereocenters. The Hall–Kier alpha value is -2.78. The summed E-state index contributed by atoms with van der Waals surface area (Å²) in [5.41, 5.74) is 1.96. The maximum absolute atomic E-state index is 12.1. The molecule has 3 aromatic heterocycles. The quantitative estimate of drug-likeness (QED) is 0.664. The first-order valence-corrected chi connectivity index (χ1v) is 8.33. The van der Waals surface area contributed by atoms with E-state index >= 15 is 0 Å². The Morgan fingerprint density at radius 1 is 1.28 bits per heavy atom. The normalized spacial score (nSPS) is 10.4. The number of hydrogen-bond acceptors (Lipinski definition) is 8. The minimum absolute atomic E-state index is 0.176. The largest absolute Gasteiger partial charge is 0.418 e. The van der Waals surface area contributed by atoms with Crippen molar-refractivity contribution in [2.45, 2.75) is 13.8 Å². The topological polar surface area (TPSA) is 102 Å². The van der Waals surface area contributed by atoms with Gasteiger partial charge >= 0.3 is 6.09 Å². The first-order valence-electron chi connectivity index (χ1n) is 7.14. The summed E-state index contributed by atoms with van der Waals surface area (Å²) < 4.78 is 5.30. The van der Waals surface area contributed by atoms with Crippen molar-refractivity contribution >= 4 is 45.4 Å². The van der Waals surface area contributed by atoms with Crippen molar-refractivity contribution in [3.8, 4) is 5.88 Å². The van der Waals surface area contributed by atoms with Crippen LogP contribution in [0.5, 0.6) is 5.88 Å². The number of carbonyl (C=O) groups is 1. The van der Waals surface area contributed by atoms with Gasteiger partial charge in [0.05, 0.1) is 22.6 Å². The van der Waals surface area contributed by atoms with Gasteiger partial charge in [0.15, 0.2) is 5.00 Å². The predicted molar refractivity (Wildman–Crippen MR) is 95.8 cm³/mol. The van der Waals surface area contributed by atoms with E-state index in [4.69, 9.17) is 16.3 Å². The van der Waals surface area contributed by atoms with Crippen LogP contribution in [0.2, 0.25) is 5.15 Å². The Morgan fingerprint density at radius 2 is 2.12 bits per heavy atom. The number of halogens is 1. The lowest BCUT2D eigenvalue weighted by atomic mass is 10.4. The number of ether oxygens (including phenoxy) is 1. The molecule has 0 fully saturated rings. The number of pyridine rings is 1. The summed E-state index contributed by atoms with van der Waals surface area (Å²) in [5, 5.41) is 15.1. The Bertz CT molecular complexity index is 917. The molecule has 1 amide bonds. The molecule has 0 bridgehead atoms. The lowest BCUT2D eigenvalue weighted by Crippen LogP contribution is -2.17. The van der Waals surface area contributed by atoms with Gasteiger partial charge in [-0.1, -0.05) is 22.9 Å². The van der Waals surface area contributed by atoms with Crippen molar-refractivity contribution in [2.24, 2.45) is 0 Å². The number of amides is 1. The highest BCUT2D eigenvalue weighted by Gasteiger charge is 2.15. The highest BCUT2D eigenvalue weighted by molar-refractivity contribution is 7.16. The summed E-state index contributed by atoms with van der Waals surface area (Å²) in [6.07, 6.45) is 2.38. The maximum atomic E-state index is 12.1. The first-order chi connectivity index (χ1) is 12.0. The lowest BCUT2D eigenvalue weighted by molar-refractivity contribution is 0.214. The van der Waals surface area contributed by atoms with E-state index in [1.165, 1.54) is 23.6 Å². The van der Waals surface area contributed by atoms with E-state index < -0.39 is 6.09 Å². The summed E-state index contributed by atoms with van der Waals surface area (Å²) in [6.45, 7) is 3.65. The third kappa shape index (κ3) is 4.61. The van der Waals surface area contributed by atoms with Gasteiger partial charge in [0.2, 0.25) is 0 Å². The van der Waals surface area contributed by atoms with Crippen molar-refractivity contribution < 1.29 is 9.53 Å². The number of rotatable bonds is 4. The Morgan fingerprint density at radius 3 is 2.88 bits per heavy atom. The van der Waals surface area contributed by atoms with Crippen LogP contribution in [0.1, 0.15) is 10.7 Å². The number of aryl methyl sites for hydroxylation is 2. The van der Waals surface area contributed by atoms with E-state index in [-0.39, 0.29) is 11.0 Å². The average Bonchev–Trinajstić information content (AvgIpc) is 2.86.